The van der Waals surface area contributed by atoms with Crippen molar-refractivity contribution in [2.45, 2.75) is 20.4 Å². The fourth-order valence-corrected chi connectivity index (χ4v) is 3.11. The van der Waals surface area contributed by atoms with Gasteiger partial charge in [0.1, 0.15) is 0 Å². The first kappa shape index (κ1) is 13.5. The monoisotopic (exact) mass is 262 g/mol. The van der Waals surface area contributed by atoms with Crippen molar-refractivity contribution in [1.82, 2.24) is 10.2 Å². The molecule has 1 heterocycles. The third-order valence-electron chi connectivity index (χ3n) is 3.26. The van der Waals surface area contributed by atoms with Crippen LogP contribution in [0.25, 0.3) is 10.1 Å². The molecule has 98 valence electrons. The van der Waals surface area contributed by atoms with Gasteiger partial charge in [-0.25, -0.2) is 0 Å². The Morgan fingerprint density at radius 1 is 1.22 bits per heavy atom. The van der Waals surface area contributed by atoms with E-state index in [4.69, 9.17) is 0 Å². The molecule has 0 atom stereocenters. The molecule has 1 aromatic heterocycles. The van der Waals surface area contributed by atoms with E-state index in [-0.39, 0.29) is 0 Å². The minimum absolute atomic E-state index is 1.05. The highest BCUT2D eigenvalue weighted by molar-refractivity contribution is 7.17. The fraction of sp³-hybridized carbons (Fsp3) is 0.467. The van der Waals surface area contributed by atoms with Crippen LogP contribution in [-0.2, 0) is 6.54 Å². The maximum atomic E-state index is 3.39. The molecule has 0 aliphatic carbocycles. The summed E-state index contributed by atoms with van der Waals surface area (Å²) in [6.07, 6.45) is 0. The lowest BCUT2D eigenvalue weighted by Gasteiger charge is -2.20. The lowest BCUT2D eigenvalue weighted by molar-refractivity contribution is 0.281. The molecule has 2 nitrogen and oxygen atoms in total. The highest BCUT2D eigenvalue weighted by atomic mass is 32.1. The van der Waals surface area contributed by atoms with E-state index in [0.717, 1.165) is 32.7 Å². The van der Waals surface area contributed by atoms with Crippen molar-refractivity contribution >= 4 is 21.4 Å². The zero-order chi connectivity index (χ0) is 12.8. The molecule has 1 aromatic carbocycles. The SMILES string of the molecule is CCNCCN(CC)Cc1csc2ccccc12. The van der Waals surface area contributed by atoms with E-state index in [2.05, 4.69) is 53.7 Å². The van der Waals surface area contributed by atoms with Gasteiger partial charge < -0.3 is 5.32 Å². The first-order chi connectivity index (χ1) is 8.85. The summed E-state index contributed by atoms with van der Waals surface area (Å²) in [6.45, 7) is 9.81. The maximum Gasteiger partial charge on any atom is 0.0346 e. The predicted molar refractivity (Wildman–Crippen MR) is 81.3 cm³/mol. The highest BCUT2D eigenvalue weighted by Crippen LogP contribution is 2.26. The molecule has 0 amide bonds. The molecule has 2 rings (SSSR count). The Morgan fingerprint density at radius 2 is 2.06 bits per heavy atom. The van der Waals surface area contributed by atoms with Gasteiger partial charge in [0, 0.05) is 24.3 Å². The largest absolute Gasteiger partial charge is 0.316 e. The topological polar surface area (TPSA) is 15.3 Å². The second kappa shape index (κ2) is 6.88. The molecule has 0 aliphatic heterocycles. The average molecular weight is 262 g/mol. The van der Waals surface area contributed by atoms with Crippen molar-refractivity contribution in [2.75, 3.05) is 26.2 Å². The van der Waals surface area contributed by atoms with Crippen LogP contribution in [0.1, 0.15) is 19.4 Å². The number of fused-ring (bicyclic) bond motifs is 1. The van der Waals surface area contributed by atoms with E-state index >= 15 is 0 Å². The van der Waals surface area contributed by atoms with Crippen LogP contribution in [0.3, 0.4) is 0 Å². The second-order valence-corrected chi connectivity index (χ2v) is 5.39. The van der Waals surface area contributed by atoms with E-state index in [1.807, 2.05) is 11.3 Å². The summed E-state index contributed by atoms with van der Waals surface area (Å²) in [4.78, 5) is 2.50. The molecule has 0 saturated heterocycles. The third kappa shape index (κ3) is 3.31. The first-order valence-corrected chi connectivity index (χ1v) is 7.61. The van der Waals surface area contributed by atoms with Crippen LogP contribution in [0.2, 0.25) is 0 Å². The van der Waals surface area contributed by atoms with Gasteiger partial charge in [-0.15, -0.1) is 11.3 Å². The molecule has 0 bridgehead atoms. The Balaban J connectivity index is 2.02. The molecular formula is C15H22N2S. The molecular weight excluding hydrogens is 240 g/mol. The summed E-state index contributed by atoms with van der Waals surface area (Å²) in [5.74, 6) is 0. The van der Waals surface area contributed by atoms with Gasteiger partial charge in [-0.3, -0.25) is 4.90 Å². The minimum Gasteiger partial charge on any atom is -0.316 e. The Bertz CT molecular complexity index is 478. The van der Waals surface area contributed by atoms with Gasteiger partial charge in [-0.1, -0.05) is 32.0 Å². The summed E-state index contributed by atoms with van der Waals surface area (Å²) in [7, 11) is 0. The number of nitrogens with one attached hydrogen (secondary N) is 1. The van der Waals surface area contributed by atoms with Crippen LogP contribution in [0, 0.1) is 0 Å². The van der Waals surface area contributed by atoms with Gasteiger partial charge in [-0.05, 0) is 35.5 Å². The fourth-order valence-electron chi connectivity index (χ4n) is 2.16. The molecule has 0 fully saturated rings. The number of benzene rings is 1. The van der Waals surface area contributed by atoms with Crippen molar-refractivity contribution in [3.05, 3.63) is 35.2 Å². The van der Waals surface area contributed by atoms with E-state index in [0.29, 0.717) is 0 Å². The summed E-state index contributed by atoms with van der Waals surface area (Å²) in [6, 6.07) is 8.69. The summed E-state index contributed by atoms with van der Waals surface area (Å²) in [5.41, 5.74) is 1.47. The van der Waals surface area contributed by atoms with Gasteiger partial charge >= 0.3 is 0 Å². The minimum atomic E-state index is 1.05. The second-order valence-electron chi connectivity index (χ2n) is 4.48. The Labute approximate surface area is 114 Å². The Hall–Kier alpha value is -0.900. The molecule has 0 saturated carbocycles. The van der Waals surface area contributed by atoms with E-state index in [1.54, 1.807) is 0 Å². The van der Waals surface area contributed by atoms with Crippen LogP contribution < -0.4 is 5.32 Å². The number of rotatable bonds is 7. The van der Waals surface area contributed by atoms with Crippen LogP contribution in [0.15, 0.2) is 29.6 Å². The molecule has 3 heteroatoms. The van der Waals surface area contributed by atoms with Crippen LogP contribution in [0.4, 0.5) is 0 Å². The molecule has 0 radical (unpaired) electrons. The van der Waals surface area contributed by atoms with Crippen molar-refractivity contribution in [1.29, 1.82) is 0 Å². The van der Waals surface area contributed by atoms with Crippen molar-refractivity contribution in [2.24, 2.45) is 0 Å². The lowest BCUT2D eigenvalue weighted by Crippen LogP contribution is -2.31. The van der Waals surface area contributed by atoms with Crippen LogP contribution in [0.5, 0.6) is 0 Å². The lowest BCUT2D eigenvalue weighted by atomic mass is 10.1. The smallest absolute Gasteiger partial charge is 0.0346 e. The molecule has 18 heavy (non-hydrogen) atoms. The number of likely N-dealkylation sites (N-methyl/N-ethyl adjacent to an activating group) is 2. The number of hydrogen-bond acceptors (Lipinski definition) is 3. The normalized spacial score (nSPS) is 11.5. The molecule has 0 aliphatic rings. The standard InChI is InChI=1S/C15H22N2S/c1-3-16-9-10-17(4-2)11-13-12-18-15-8-6-5-7-14(13)15/h5-8,12,16H,3-4,9-11H2,1-2H3. The van der Waals surface area contributed by atoms with Crippen molar-refractivity contribution in [3.63, 3.8) is 0 Å². The maximum absolute atomic E-state index is 3.39. The zero-order valence-corrected chi connectivity index (χ0v) is 12.1. The molecule has 1 N–H and O–H groups in total. The summed E-state index contributed by atoms with van der Waals surface area (Å²) in [5, 5.41) is 7.12. The molecule has 2 aromatic rings. The van der Waals surface area contributed by atoms with Gasteiger partial charge in [0.15, 0.2) is 0 Å². The quantitative estimate of drug-likeness (QED) is 0.770. The number of nitrogens with zero attached hydrogens (tertiary/aromatic N) is 1. The first-order valence-electron chi connectivity index (χ1n) is 6.73. The molecule has 0 unspecified atom stereocenters. The Morgan fingerprint density at radius 3 is 2.83 bits per heavy atom. The van der Waals surface area contributed by atoms with Gasteiger partial charge in [0.2, 0.25) is 0 Å². The number of hydrogen-bond donors (Lipinski definition) is 1. The third-order valence-corrected chi connectivity index (χ3v) is 4.27. The van der Waals surface area contributed by atoms with E-state index in [9.17, 15) is 0 Å². The number of thiophene rings is 1. The van der Waals surface area contributed by atoms with Crippen LogP contribution >= 0.6 is 11.3 Å². The van der Waals surface area contributed by atoms with E-state index in [1.165, 1.54) is 15.6 Å². The zero-order valence-electron chi connectivity index (χ0n) is 11.3. The van der Waals surface area contributed by atoms with Gasteiger partial charge in [0.05, 0.1) is 0 Å². The van der Waals surface area contributed by atoms with E-state index < -0.39 is 0 Å². The van der Waals surface area contributed by atoms with Crippen molar-refractivity contribution in [3.8, 4) is 0 Å². The Kier molecular flexibility index (Phi) is 5.17. The predicted octanol–water partition coefficient (Wildman–Crippen LogP) is 3.33. The van der Waals surface area contributed by atoms with Gasteiger partial charge in [-0.2, -0.15) is 0 Å². The van der Waals surface area contributed by atoms with Crippen LogP contribution in [-0.4, -0.2) is 31.1 Å². The van der Waals surface area contributed by atoms with Crippen molar-refractivity contribution < 1.29 is 0 Å². The molecule has 0 spiro atoms. The summed E-state index contributed by atoms with van der Waals surface area (Å²) >= 11 is 1.85. The average Bonchev–Trinajstić information content (AvgIpc) is 2.81. The highest BCUT2D eigenvalue weighted by Gasteiger charge is 2.07. The van der Waals surface area contributed by atoms with Gasteiger partial charge in [0.25, 0.3) is 0 Å². The summed E-state index contributed by atoms with van der Waals surface area (Å²) < 4.78 is 1.40.